The van der Waals surface area contributed by atoms with Crippen molar-refractivity contribution >= 4 is 11.9 Å². The molecule has 0 radical (unpaired) electrons. The van der Waals surface area contributed by atoms with E-state index in [4.69, 9.17) is 4.74 Å². The van der Waals surface area contributed by atoms with Crippen LogP contribution in [0.15, 0.2) is 24.3 Å². The zero-order valence-electron chi connectivity index (χ0n) is 12.3. The van der Waals surface area contributed by atoms with E-state index in [1.54, 1.807) is 0 Å². The molecule has 0 fully saturated rings. The minimum atomic E-state index is -4.89. The zero-order valence-corrected chi connectivity index (χ0v) is 12.3. The predicted molar refractivity (Wildman–Crippen MR) is 67.7 cm³/mol. The van der Waals surface area contributed by atoms with E-state index in [1.165, 1.54) is 0 Å². The summed E-state index contributed by atoms with van der Waals surface area (Å²) in [4.78, 5) is 21.8. The summed E-state index contributed by atoms with van der Waals surface area (Å²) in [5, 5.41) is 0. The highest BCUT2D eigenvalue weighted by Crippen LogP contribution is 2.25. The first-order chi connectivity index (χ1) is 10.9. The van der Waals surface area contributed by atoms with Gasteiger partial charge in [0.2, 0.25) is 0 Å². The Bertz CT molecular complexity index is 436. The van der Waals surface area contributed by atoms with Crippen molar-refractivity contribution in [3.63, 3.8) is 0 Å². The fourth-order valence-electron chi connectivity index (χ4n) is 1.03. The van der Waals surface area contributed by atoms with Crippen LogP contribution < -0.4 is 0 Å². The molecule has 0 heterocycles. The van der Waals surface area contributed by atoms with E-state index in [2.05, 4.69) is 22.6 Å². The van der Waals surface area contributed by atoms with Gasteiger partial charge >= 0.3 is 24.3 Å². The second-order valence-corrected chi connectivity index (χ2v) is 4.19. The van der Waals surface area contributed by atoms with Crippen molar-refractivity contribution in [2.75, 3.05) is 26.4 Å². The number of carbonyl (C=O) groups excluding carboxylic acids is 2. The number of esters is 2. The molecular formula is C13H14F6O5. The highest BCUT2D eigenvalue weighted by molar-refractivity contribution is 5.89. The zero-order chi connectivity index (χ0) is 19.0. The Morgan fingerprint density at radius 1 is 0.708 bits per heavy atom. The normalized spacial score (nSPS) is 11.8. The Morgan fingerprint density at radius 3 is 1.54 bits per heavy atom. The molecule has 0 aromatic carbocycles. The summed E-state index contributed by atoms with van der Waals surface area (Å²) in [6.45, 7) is 3.90. The van der Waals surface area contributed by atoms with Crippen molar-refractivity contribution in [1.29, 1.82) is 0 Å². The van der Waals surface area contributed by atoms with E-state index < -0.39 is 42.0 Å². The average molecular weight is 364 g/mol. The monoisotopic (exact) mass is 364 g/mol. The maximum Gasteiger partial charge on any atom is 0.422 e. The minimum Gasteiger partial charge on any atom is -0.462 e. The lowest BCUT2D eigenvalue weighted by Crippen LogP contribution is -2.22. The molecule has 138 valence electrons. The van der Waals surface area contributed by atoms with Gasteiger partial charge in [-0.25, -0.2) is 9.59 Å². The van der Waals surface area contributed by atoms with Gasteiger partial charge in [0.15, 0.2) is 0 Å². The van der Waals surface area contributed by atoms with Gasteiger partial charge in [-0.05, 0) is 0 Å². The van der Waals surface area contributed by atoms with Gasteiger partial charge in [-0.15, -0.1) is 0 Å². The molecular weight excluding hydrogens is 350 g/mol. The first-order valence-corrected chi connectivity index (χ1v) is 6.31. The van der Waals surface area contributed by atoms with E-state index in [0.29, 0.717) is 0 Å². The molecule has 0 aromatic rings. The van der Waals surface area contributed by atoms with E-state index >= 15 is 0 Å². The van der Waals surface area contributed by atoms with Gasteiger partial charge in [-0.2, -0.15) is 26.3 Å². The molecule has 0 unspecified atom stereocenters. The smallest absolute Gasteiger partial charge is 0.422 e. The topological polar surface area (TPSA) is 61.8 Å². The van der Waals surface area contributed by atoms with Crippen LogP contribution in [0.5, 0.6) is 0 Å². The Labute approximate surface area is 132 Å². The van der Waals surface area contributed by atoms with Crippen molar-refractivity contribution in [3.8, 4) is 0 Å². The van der Waals surface area contributed by atoms with Crippen molar-refractivity contribution < 1.29 is 50.1 Å². The lowest BCUT2D eigenvalue weighted by molar-refractivity contribution is -0.153. The minimum absolute atomic E-state index is 0.0279. The maximum atomic E-state index is 12.1. The fourth-order valence-corrected chi connectivity index (χ4v) is 1.03. The van der Waals surface area contributed by atoms with E-state index in [-0.39, 0.29) is 26.2 Å². The van der Waals surface area contributed by atoms with Gasteiger partial charge in [-0.3, -0.25) is 0 Å². The van der Waals surface area contributed by atoms with Crippen LogP contribution >= 0.6 is 0 Å². The predicted octanol–water partition coefficient (Wildman–Crippen LogP) is 2.72. The standard InChI is InChI=1S/C13H14F6O5/c1-8(12(14,15)16)10(20)23-5-3-4-22-6-7-24-11(21)9(2)13(17,18)19/h1-7H2. The Hall–Kier alpha value is -2.04. The highest BCUT2D eigenvalue weighted by atomic mass is 19.4. The summed E-state index contributed by atoms with van der Waals surface area (Å²) in [6, 6.07) is 0. The SMILES string of the molecule is C=C(C(=O)OCCCOCCOC(=O)C(=C)C(F)(F)F)C(F)(F)F. The summed E-state index contributed by atoms with van der Waals surface area (Å²) in [5.41, 5.74) is -3.29. The van der Waals surface area contributed by atoms with Gasteiger partial charge in [0.25, 0.3) is 0 Å². The summed E-state index contributed by atoms with van der Waals surface area (Å²) in [5.74, 6) is -3.24. The highest BCUT2D eigenvalue weighted by Gasteiger charge is 2.38. The lowest BCUT2D eigenvalue weighted by Gasteiger charge is -2.11. The van der Waals surface area contributed by atoms with Crippen LogP contribution in [0, 0.1) is 0 Å². The Balaban J connectivity index is 3.73. The molecule has 0 aliphatic rings. The van der Waals surface area contributed by atoms with Crippen LogP contribution in [0.3, 0.4) is 0 Å². The number of ether oxygens (including phenoxy) is 3. The molecule has 0 saturated heterocycles. The molecule has 0 bridgehead atoms. The first-order valence-electron chi connectivity index (χ1n) is 6.31. The van der Waals surface area contributed by atoms with Gasteiger partial charge < -0.3 is 14.2 Å². The molecule has 0 amide bonds. The molecule has 11 heteroatoms. The van der Waals surface area contributed by atoms with Crippen molar-refractivity contribution in [2.24, 2.45) is 0 Å². The summed E-state index contributed by atoms with van der Waals surface area (Å²) in [7, 11) is 0. The van der Waals surface area contributed by atoms with Crippen molar-refractivity contribution in [3.05, 3.63) is 24.3 Å². The van der Waals surface area contributed by atoms with E-state index in [0.717, 1.165) is 0 Å². The third-order valence-corrected chi connectivity index (χ3v) is 2.30. The molecule has 0 saturated carbocycles. The molecule has 0 N–H and O–H groups in total. The van der Waals surface area contributed by atoms with Crippen LogP contribution in [0.4, 0.5) is 26.3 Å². The molecule has 5 nitrogen and oxygen atoms in total. The second kappa shape index (κ2) is 9.30. The third kappa shape index (κ3) is 8.56. The van der Waals surface area contributed by atoms with Crippen LogP contribution in [-0.4, -0.2) is 50.7 Å². The number of halogens is 6. The van der Waals surface area contributed by atoms with Gasteiger partial charge in [0, 0.05) is 13.0 Å². The number of carbonyl (C=O) groups is 2. The van der Waals surface area contributed by atoms with Crippen LogP contribution in [0.1, 0.15) is 6.42 Å². The molecule has 0 aliphatic carbocycles. The number of hydrogen-bond donors (Lipinski definition) is 0. The lowest BCUT2D eigenvalue weighted by atomic mass is 10.3. The van der Waals surface area contributed by atoms with Crippen molar-refractivity contribution in [2.45, 2.75) is 18.8 Å². The molecule has 0 atom stereocenters. The Morgan fingerprint density at radius 2 is 1.12 bits per heavy atom. The summed E-state index contributed by atoms with van der Waals surface area (Å²) < 4.78 is 85.7. The van der Waals surface area contributed by atoms with Gasteiger partial charge in [-0.1, -0.05) is 13.2 Å². The molecule has 0 aromatic heterocycles. The quantitative estimate of drug-likeness (QED) is 0.273. The van der Waals surface area contributed by atoms with E-state index in [1.807, 2.05) is 0 Å². The number of alkyl halides is 6. The fraction of sp³-hybridized carbons (Fsp3) is 0.538. The molecule has 0 rings (SSSR count). The maximum absolute atomic E-state index is 12.1. The largest absolute Gasteiger partial charge is 0.462 e. The second-order valence-electron chi connectivity index (χ2n) is 4.19. The number of hydrogen-bond acceptors (Lipinski definition) is 5. The van der Waals surface area contributed by atoms with Crippen LogP contribution in [0.2, 0.25) is 0 Å². The van der Waals surface area contributed by atoms with Gasteiger partial charge in [0.1, 0.15) is 17.8 Å². The molecule has 0 aliphatic heterocycles. The average Bonchev–Trinajstić information content (AvgIpc) is 2.45. The van der Waals surface area contributed by atoms with Crippen LogP contribution in [0.25, 0.3) is 0 Å². The van der Waals surface area contributed by atoms with Crippen molar-refractivity contribution in [1.82, 2.24) is 0 Å². The van der Waals surface area contributed by atoms with Gasteiger partial charge in [0.05, 0.1) is 13.2 Å². The van der Waals surface area contributed by atoms with E-state index in [9.17, 15) is 35.9 Å². The molecule has 24 heavy (non-hydrogen) atoms. The number of rotatable bonds is 9. The third-order valence-electron chi connectivity index (χ3n) is 2.30. The first kappa shape index (κ1) is 22.0. The summed E-state index contributed by atoms with van der Waals surface area (Å²) in [6.07, 6.45) is -9.74. The van der Waals surface area contributed by atoms with Crippen LogP contribution in [-0.2, 0) is 23.8 Å². The molecule has 0 spiro atoms. The Kier molecular flexibility index (Phi) is 8.51. The summed E-state index contributed by atoms with van der Waals surface area (Å²) >= 11 is 0.